The van der Waals surface area contributed by atoms with Gasteiger partial charge in [-0.25, -0.2) is 4.98 Å². The number of carboxylic acid groups (broad SMARTS) is 1. The summed E-state index contributed by atoms with van der Waals surface area (Å²) >= 11 is 1.23. The van der Waals surface area contributed by atoms with Crippen molar-refractivity contribution in [1.29, 1.82) is 0 Å². The van der Waals surface area contributed by atoms with E-state index in [1.165, 1.54) is 18.3 Å². The van der Waals surface area contributed by atoms with E-state index >= 15 is 0 Å². The summed E-state index contributed by atoms with van der Waals surface area (Å²) in [6.45, 7) is 16.0. The molecule has 0 spiro atoms. The highest BCUT2D eigenvalue weighted by Crippen LogP contribution is 2.35. The number of hydrogen-bond donors (Lipinski definition) is 4. The van der Waals surface area contributed by atoms with Crippen molar-refractivity contribution in [3.8, 4) is 0 Å². The fraction of sp³-hybridized carbons (Fsp3) is 0.682. The van der Waals surface area contributed by atoms with Crippen LogP contribution in [0.25, 0.3) is 0 Å². The number of nitrogen functional groups attached to an aromatic ring is 1. The highest BCUT2D eigenvalue weighted by molar-refractivity contribution is 7.10. The number of anilines is 2. The minimum absolute atomic E-state index is 0.0656. The lowest BCUT2D eigenvalue weighted by atomic mass is 9.80. The van der Waals surface area contributed by atoms with E-state index in [1.54, 1.807) is 31.4 Å². The Morgan fingerprint density at radius 1 is 1.05 bits per heavy atom. The molecule has 0 radical (unpaired) electrons. The van der Waals surface area contributed by atoms with E-state index in [0.29, 0.717) is 30.1 Å². The van der Waals surface area contributed by atoms with Gasteiger partial charge in [0.2, 0.25) is 17.7 Å². The summed E-state index contributed by atoms with van der Waals surface area (Å²) in [7, 11) is 2.00. The van der Waals surface area contributed by atoms with E-state index in [-0.39, 0.29) is 54.4 Å². The van der Waals surface area contributed by atoms with E-state index in [2.05, 4.69) is 22.5 Å². The fourth-order valence-corrected chi connectivity index (χ4v) is 8.48. The number of ether oxygens (including phenoxy) is 1. The van der Waals surface area contributed by atoms with Gasteiger partial charge in [-0.2, -0.15) is 0 Å². The van der Waals surface area contributed by atoms with Gasteiger partial charge >= 0.3 is 11.9 Å². The predicted octanol–water partition coefficient (Wildman–Crippen LogP) is 7.67. The van der Waals surface area contributed by atoms with Crippen molar-refractivity contribution in [3.63, 3.8) is 0 Å². The SMILES string of the molecule is CCCCCCN(C(=O)[C@H](C(=O)N[C@H]1CCCCN1C)[C@@H](C)CC)[C@H](C[C@@H](OC(C)=O)c1nc(NC(=O)[C@@H](Cc2ccc(N)cc2)CC(C)(C)C(=O)O)cs1)C(C)C. The third-order valence-corrected chi connectivity index (χ3v) is 12.5. The van der Waals surface area contributed by atoms with Gasteiger partial charge in [-0.3, -0.25) is 28.9 Å². The summed E-state index contributed by atoms with van der Waals surface area (Å²) in [6, 6.07) is 6.73. The molecule has 0 unspecified atom stereocenters. The van der Waals surface area contributed by atoms with Gasteiger partial charge in [-0.05, 0) is 95.5 Å². The Kier molecular flexibility index (Phi) is 19.1. The van der Waals surface area contributed by atoms with E-state index < -0.39 is 41.3 Å². The van der Waals surface area contributed by atoms with Gasteiger partial charge in [0.15, 0.2) is 6.10 Å². The maximum absolute atomic E-state index is 14.9. The Balaban J connectivity index is 1.94. The van der Waals surface area contributed by atoms with Crippen LogP contribution in [0.15, 0.2) is 29.6 Å². The lowest BCUT2D eigenvalue weighted by Gasteiger charge is -2.40. The number of nitrogens with two attached hydrogens (primary N) is 1. The molecule has 0 bridgehead atoms. The summed E-state index contributed by atoms with van der Waals surface area (Å²) in [5.41, 5.74) is 6.13. The first-order valence-electron chi connectivity index (χ1n) is 21.2. The second-order valence-electron chi connectivity index (χ2n) is 17.2. The number of benzene rings is 1. The van der Waals surface area contributed by atoms with Crippen LogP contribution in [0, 0.1) is 29.1 Å². The number of piperidine rings is 1. The average Bonchev–Trinajstić information content (AvgIpc) is 3.63. The lowest BCUT2D eigenvalue weighted by molar-refractivity contribution is -0.151. The zero-order chi connectivity index (χ0) is 43.2. The van der Waals surface area contributed by atoms with Crippen molar-refractivity contribution in [2.75, 3.05) is 31.2 Å². The Bertz CT molecular complexity index is 1650. The van der Waals surface area contributed by atoms with Gasteiger partial charge in [0, 0.05) is 42.9 Å². The summed E-state index contributed by atoms with van der Waals surface area (Å²) in [5.74, 6) is -3.96. The maximum Gasteiger partial charge on any atom is 0.309 e. The molecule has 58 heavy (non-hydrogen) atoms. The first-order valence-corrected chi connectivity index (χ1v) is 22.1. The number of nitrogens with one attached hydrogen (secondary N) is 2. The number of thiazole rings is 1. The summed E-state index contributed by atoms with van der Waals surface area (Å²) in [4.78, 5) is 76.2. The van der Waals surface area contributed by atoms with E-state index in [0.717, 1.165) is 57.1 Å². The van der Waals surface area contributed by atoms with Gasteiger partial charge in [-0.1, -0.05) is 72.4 Å². The zero-order valence-corrected chi connectivity index (χ0v) is 37.2. The molecular formula is C44H70N6O7S. The average molecular weight is 827 g/mol. The number of unbranched alkanes of at least 4 members (excludes halogenated alkanes) is 3. The van der Waals surface area contributed by atoms with E-state index in [9.17, 15) is 29.1 Å². The van der Waals surface area contributed by atoms with Crippen LogP contribution in [0.4, 0.5) is 11.5 Å². The molecule has 0 saturated carbocycles. The number of carboxylic acids is 1. The second-order valence-corrected chi connectivity index (χ2v) is 18.1. The van der Waals surface area contributed by atoms with E-state index in [1.807, 2.05) is 51.8 Å². The van der Waals surface area contributed by atoms with Gasteiger partial charge in [0.1, 0.15) is 16.7 Å². The highest BCUT2D eigenvalue weighted by Gasteiger charge is 2.41. The number of aromatic nitrogens is 1. The standard InChI is InChI=1S/C44H70N6O7S/c1-10-12-13-15-23-50(42(54)38(29(5)11-2)40(53)48-37-17-14-16-22-49(37)9)34(28(3)4)25-35(57-30(6)51)41-47-36(27-58-41)46-39(52)32(26-44(7,8)43(55)56)24-31-18-20-33(45)21-19-31/h18-21,27-29,32,34-35,37-38H,10-17,22-26,45H2,1-9H3,(H,46,52)(H,48,53)(H,55,56)/t29-,32-,34+,35+,37+,38-/m0/s1. The largest absolute Gasteiger partial charge is 0.481 e. The fourth-order valence-electron chi connectivity index (χ4n) is 7.69. The monoisotopic (exact) mass is 827 g/mol. The molecule has 1 aromatic carbocycles. The molecular weight excluding hydrogens is 757 g/mol. The number of aliphatic carboxylic acids is 1. The molecule has 14 heteroatoms. The van der Waals surface area contributed by atoms with Crippen LogP contribution in [-0.4, -0.2) is 81.9 Å². The molecule has 3 amide bonds. The minimum atomic E-state index is -1.17. The number of hydrogen-bond acceptors (Lipinski definition) is 10. The molecule has 3 rings (SSSR count). The normalized spacial score (nSPS) is 17.4. The van der Waals surface area contributed by atoms with Gasteiger partial charge in [0.05, 0.1) is 11.6 Å². The lowest BCUT2D eigenvalue weighted by Crippen LogP contribution is -2.56. The predicted molar refractivity (Wildman–Crippen MR) is 230 cm³/mol. The smallest absolute Gasteiger partial charge is 0.309 e. The third-order valence-electron chi connectivity index (χ3n) is 11.5. The number of carbonyl (C=O) groups is 5. The zero-order valence-electron chi connectivity index (χ0n) is 36.3. The number of rotatable bonds is 23. The van der Waals surface area contributed by atoms with Crippen molar-refractivity contribution in [3.05, 3.63) is 40.2 Å². The van der Waals surface area contributed by atoms with Crippen LogP contribution in [-0.2, 0) is 35.1 Å². The molecule has 1 fully saturated rings. The van der Waals surface area contributed by atoms with Crippen LogP contribution in [0.2, 0.25) is 0 Å². The molecule has 0 aliphatic carbocycles. The van der Waals surface area contributed by atoms with Gasteiger partial charge in [0.25, 0.3) is 0 Å². The van der Waals surface area contributed by atoms with Crippen molar-refractivity contribution in [2.45, 2.75) is 144 Å². The van der Waals surface area contributed by atoms with Crippen LogP contribution >= 0.6 is 11.3 Å². The van der Waals surface area contributed by atoms with Gasteiger partial charge < -0.3 is 31.1 Å². The number of amides is 3. The highest BCUT2D eigenvalue weighted by atomic mass is 32.1. The number of esters is 1. The quantitative estimate of drug-likeness (QED) is 0.0375. The Labute approximate surface area is 350 Å². The molecule has 1 aliphatic rings. The van der Waals surface area contributed by atoms with Crippen molar-refractivity contribution >= 4 is 52.5 Å². The van der Waals surface area contributed by atoms with Crippen LogP contribution in [0.3, 0.4) is 0 Å². The molecule has 13 nitrogen and oxygen atoms in total. The van der Waals surface area contributed by atoms with Crippen molar-refractivity contribution in [2.24, 2.45) is 29.1 Å². The molecule has 1 aliphatic heterocycles. The van der Waals surface area contributed by atoms with Gasteiger partial charge in [-0.15, -0.1) is 11.3 Å². The molecule has 5 N–H and O–H groups in total. The Morgan fingerprint density at radius 2 is 1.74 bits per heavy atom. The third kappa shape index (κ3) is 14.4. The number of nitrogens with zero attached hydrogens (tertiary/aromatic N) is 3. The van der Waals surface area contributed by atoms with Crippen LogP contribution in [0.5, 0.6) is 0 Å². The first kappa shape index (κ1) is 48.3. The van der Waals surface area contributed by atoms with Crippen molar-refractivity contribution < 1.29 is 33.8 Å². The Hall–Kier alpha value is -4.04. The molecule has 2 heterocycles. The van der Waals surface area contributed by atoms with Crippen LogP contribution in [0.1, 0.15) is 136 Å². The van der Waals surface area contributed by atoms with E-state index in [4.69, 9.17) is 15.5 Å². The minimum Gasteiger partial charge on any atom is -0.481 e. The van der Waals surface area contributed by atoms with Crippen molar-refractivity contribution in [1.82, 2.24) is 20.1 Å². The number of carbonyl (C=O) groups excluding carboxylic acids is 4. The molecule has 1 saturated heterocycles. The molecule has 2 aromatic rings. The molecule has 1 aromatic heterocycles. The topological polar surface area (TPSA) is 184 Å². The summed E-state index contributed by atoms with van der Waals surface area (Å²) in [6.07, 6.45) is 6.99. The molecule has 6 atom stereocenters. The Morgan fingerprint density at radius 3 is 2.33 bits per heavy atom. The number of likely N-dealkylation sites (tertiary alicyclic amines) is 1. The second kappa shape index (κ2) is 22.9. The summed E-state index contributed by atoms with van der Waals surface area (Å²) < 4.78 is 5.92. The summed E-state index contributed by atoms with van der Waals surface area (Å²) in [5, 5.41) is 18.1. The first-order chi connectivity index (χ1) is 27.4. The maximum atomic E-state index is 14.9. The molecule has 324 valence electrons. The van der Waals surface area contributed by atoms with Crippen LogP contribution < -0.4 is 16.4 Å².